The number of aryl methyl sites for hydroxylation is 2. The van der Waals surface area contributed by atoms with Gasteiger partial charge in [-0.3, -0.25) is 9.59 Å². The van der Waals surface area contributed by atoms with Crippen LogP contribution < -0.4 is 16.6 Å². The van der Waals surface area contributed by atoms with Crippen LogP contribution in [0.2, 0.25) is 0 Å². The van der Waals surface area contributed by atoms with Crippen LogP contribution in [0.4, 0.5) is 15.8 Å². The molecule has 1 aromatic carbocycles. The minimum atomic E-state index is -1.15. The topological polar surface area (TPSA) is 113 Å². The number of benzene rings is 1. The predicted molar refractivity (Wildman–Crippen MR) is 98.4 cm³/mol. The summed E-state index contributed by atoms with van der Waals surface area (Å²) in [6.45, 7) is 3.54. The number of β-amino-alcohol motifs (C(OH)–C–C–N with tert-alkyl or cyclic N) is 1. The molecule has 0 bridgehead atoms. The highest BCUT2D eigenvalue weighted by Gasteiger charge is 2.47. The van der Waals surface area contributed by atoms with Crippen LogP contribution >= 0.6 is 0 Å². The number of aromatic nitrogens is 2. The maximum absolute atomic E-state index is 14.2. The van der Waals surface area contributed by atoms with E-state index in [0.717, 1.165) is 10.2 Å². The van der Waals surface area contributed by atoms with E-state index in [4.69, 9.17) is 5.73 Å². The Kier molecular flexibility index (Phi) is 4.75. The molecule has 0 aliphatic carbocycles. The van der Waals surface area contributed by atoms with Gasteiger partial charge in [-0.1, -0.05) is 6.07 Å². The lowest BCUT2D eigenvalue weighted by atomic mass is 9.87. The van der Waals surface area contributed by atoms with Gasteiger partial charge < -0.3 is 21.1 Å². The van der Waals surface area contributed by atoms with Gasteiger partial charge in [0, 0.05) is 19.2 Å². The van der Waals surface area contributed by atoms with Crippen LogP contribution in [-0.2, 0) is 7.05 Å². The number of amides is 1. The van der Waals surface area contributed by atoms with E-state index in [0.29, 0.717) is 0 Å². The van der Waals surface area contributed by atoms with Crippen LogP contribution in [0.1, 0.15) is 23.0 Å². The normalized spacial score (nSPS) is 16.6. The molecule has 1 aliphatic rings. The quantitative estimate of drug-likeness (QED) is 0.717. The molecule has 1 aliphatic heterocycles. The number of rotatable bonds is 4. The average Bonchev–Trinajstić information content (AvgIpc) is 2.56. The molecule has 9 heteroatoms. The van der Waals surface area contributed by atoms with Crippen molar-refractivity contribution in [1.29, 1.82) is 0 Å². The van der Waals surface area contributed by atoms with E-state index >= 15 is 0 Å². The fourth-order valence-electron chi connectivity index (χ4n) is 2.85. The Bertz CT molecular complexity index is 950. The van der Waals surface area contributed by atoms with Gasteiger partial charge in [-0.2, -0.15) is 5.10 Å². The second-order valence-electron chi connectivity index (χ2n) is 7.03. The SMILES string of the molecule is Cc1ccc(Nc2cc(=O)n(C)nc2C(=O)N2CC(O)([C@H](C)N)C2)c(F)c1. The molecule has 0 spiro atoms. The molecule has 0 radical (unpaired) electrons. The van der Waals surface area contributed by atoms with Crippen molar-refractivity contribution in [1.82, 2.24) is 14.7 Å². The zero-order valence-electron chi connectivity index (χ0n) is 15.4. The van der Waals surface area contributed by atoms with Gasteiger partial charge in [-0.25, -0.2) is 9.07 Å². The highest BCUT2D eigenvalue weighted by atomic mass is 19.1. The highest BCUT2D eigenvalue weighted by molar-refractivity contribution is 5.98. The van der Waals surface area contributed by atoms with E-state index < -0.39 is 28.9 Å². The summed E-state index contributed by atoms with van der Waals surface area (Å²) in [4.78, 5) is 26.2. The molecule has 0 saturated carbocycles. The molecule has 3 rings (SSSR count). The van der Waals surface area contributed by atoms with Gasteiger partial charge in [0.2, 0.25) is 0 Å². The summed E-state index contributed by atoms with van der Waals surface area (Å²) < 4.78 is 15.2. The van der Waals surface area contributed by atoms with E-state index in [1.54, 1.807) is 19.9 Å². The largest absolute Gasteiger partial charge is 0.385 e. The van der Waals surface area contributed by atoms with E-state index in [9.17, 15) is 19.1 Å². The minimum absolute atomic E-state index is 0.0381. The molecule has 1 atom stereocenters. The summed E-state index contributed by atoms with van der Waals surface area (Å²) in [6, 6.07) is 5.27. The smallest absolute Gasteiger partial charge is 0.276 e. The number of nitrogens with one attached hydrogen (secondary N) is 1. The maximum Gasteiger partial charge on any atom is 0.276 e. The zero-order valence-corrected chi connectivity index (χ0v) is 15.4. The second kappa shape index (κ2) is 6.75. The van der Waals surface area contributed by atoms with Gasteiger partial charge in [-0.15, -0.1) is 0 Å². The van der Waals surface area contributed by atoms with Crippen molar-refractivity contribution in [2.75, 3.05) is 18.4 Å². The summed E-state index contributed by atoms with van der Waals surface area (Å²) in [7, 11) is 1.42. The number of hydrogen-bond acceptors (Lipinski definition) is 6. The monoisotopic (exact) mass is 375 g/mol. The van der Waals surface area contributed by atoms with Crippen molar-refractivity contribution in [2.24, 2.45) is 12.8 Å². The number of hydrogen-bond donors (Lipinski definition) is 3. The van der Waals surface area contributed by atoms with E-state index in [1.807, 2.05) is 0 Å². The Labute approximate surface area is 155 Å². The third kappa shape index (κ3) is 3.56. The first-order valence-electron chi connectivity index (χ1n) is 8.49. The summed E-state index contributed by atoms with van der Waals surface area (Å²) in [5, 5.41) is 17.1. The van der Waals surface area contributed by atoms with Gasteiger partial charge in [0.25, 0.3) is 11.5 Å². The third-order valence-electron chi connectivity index (χ3n) is 4.75. The molecule has 0 unspecified atom stereocenters. The van der Waals surface area contributed by atoms with Gasteiger partial charge in [0.05, 0.1) is 24.5 Å². The predicted octanol–water partition coefficient (Wildman–Crippen LogP) is 0.506. The Balaban J connectivity index is 1.92. The summed E-state index contributed by atoms with van der Waals surface area (Å²) in [5.74, 6) is -0.990. The number of carbonyl (C=O) groups excluding carboxylic acids is 1. The lowest BCUT2D eigenvalue weighted by Crippen LogP contribution is -2.70. The standard InChI is InChI=1S/C18H22FN5O3/c1-10-4-5-13(12(19)6-10)21-14-7-15(25)23(3)22-16(14)17(26)24-8-18(27,9-24)11(2)20/h4-7,11,21,27H,8-9,20H2,1-3H3/t11-/m0/s1. The Morgan fingerprint density at radius 2 is 2.04 bits per heavy atom. The first-order valence-corrected chi connectivity index (χ1v) is 8.49. The van der Waals surface area contributed by atoms with Crippen LogP contribution in [0.15, 0.2) is 29.1 Å². The molecular formula is C18H22FN5O3. The first kappa shape index (κ1) is 19.0. The molecular weight excluding hydrogens is 353 g/mol. The van der Waals surface area contributed by atoms with E-state index in [2.05, 4.69) is 10.4 Å². The third-order valence-corrected chi connectivity index (χ3v) is 4.75. The van der Waals surface area contributed by atoms with Crippen LogP contribution in [0.5, 0.6) is 0 Å². The molecule has 1 fully saturated rings. The molecule has 4 N–H and O–H groups in total. The number of nitrogens with two attached hydrogens (primary N) is 1. The Morgan fingerprint density at radius 1 is 1.37 bits per heavy atom. The van der Waals surface area contributed by atoms with Crippen molar-refractivity contribution >= 4 is 17.3 Å². The summed E-state index contributed by atoms with van der Waals surface area (Å²) >= 11 is 0. The molecule has 27 heavy (non-hydrogen) atoms. The molecule has 1 amide bonds. The van der Waals surface area contributed by atoms with Crippen LogP contribution in [0.25, 0.3) is 0 Å². The highest BCUT2D eigenvalue weighted by Crippen LogP contribution is 2.28. The van der Waals surface area contributed by atoms with Crippen LogP contribution in [-0.4, -0.2) is 50.4 Å². The van der Waals surface area contributed by atoms with Crippen LogP contribution in [0.3, 0.4) is 0 Å². The summed E-state index contributed by atoms with van der Waals surface area (Å²) in [6.07, 6.45) is 0. The maximum atomic E-state index is 14.2. The fraction of sp³-hybridized carbons (Fsp3) is 0.389. The van der Waals surface area contributed by atoms with Gasteiger partial charge >= 0.3 is 0 Å². The number of aliphatic hydroxyl groups is 1. The van der Waals surface area contributed by atoms with Gasteiger partial charge in [-0.05, 0) is 31.5 Å². The molecule has 2 aromatic rings. The number of anilines is 2. The number of nitrogens with zero attached hydrogens (tertiary/aromatic N) is 3. The lowest BCUT2D eigenvalue weighted by Gasteiger charge is -2.48. The van der Waals surface area contributed by atoms with Crippen molar-refractivity contribution in [3.8, 4) is 0 Å². The van der Waals surface area contributed by atoms with Gasteiger partial charge in [0.15, 0.2) is 5.69 Å². The first-order chi connectivity index (χ1) is 12.6. The Morgan fingerprint density at radius 3 is 2.63 bits per heavy atom. The minimum Gasteiger partial charge on any atom is -0.385 e. The Hall–Kier alpha value is -2.78. The molecule has 1 saturated heterocycles. The molecule has 144 valence electrons. The summed E-state index contributed by atoms with van der Waals surface area (Å²) in [5.41, 5.74) is 5.07. The van der Waals surface area contributed by atoms with Crippen molar-refractivity contribution in [2.45, 2.75) is 25.5 Å². The molecule has 8 nitrogen and oxygen atoms in total. The zero-order chi connectivity index (χ0) is 19.9. The molecule has 1 aromatic heterocycles. The van der Waals surface area contributed by atoms with Gasteiger partial charge in [0.1, 0.15) is 11.4 Å². The van der Waals surface area contributed by atoms with Crippen LogP contribution in [0, 0.1) is 12.7 Å². The lowest BCUT2D eigenvalue weighted by molar-refractivity contribution is -0.0933. The second-order valence-corrected chi connectivity index (χ2v) is 7.03. The van der Waals surface area contributed by atoms with E-state index in [1.165, 1.54) is 30.1 Å². The van der Waals surface area contributed by atoms with Crippen molar-refractivity contribution in [3.05, 3.63) is 51.7 Å². The number of likely N-dealkylation sites (tertiary alicyclic amines) is 1. The number of carbonyl (C=O) groups is 1. The molecule has 2 heterocycles. The fourth-order valence-corrected chi connectivity index (χ4v) is 2.85. The van der Waals surface area contributed by atoms with E-state index in [-0.39, 0.29) is 30.2 Å². The number of halogens is 1. The van der Waals surface area contributed by atoms with Crippen molar-refractivity contribution in [3.63, 3.8) is 0 Å². The van der Waals surface area contributed by atoms with Crippen molar-refractivity contribution < 1.29 is 14.3 Å². The average molecular weight is 375 g/mol.